The molecular formula is C25H20FN3OS. The molecule has 1 aliphatic heterocycles. The number of benzene rings is 3. The molecule has 6 heteroatoms. The summed E-state index contributed by atoms with van der Waals surface area (Å²) in [5.74, 6) is 0.136. The zero-order chi connectivity index (χ0) is 21.2. The number of hydrogen-bond acceptors (Lipinski definition) is 4. The molecule has 1 aliphatic rings. The highest BCUT2D eigenvalue weighted by molar-refractivity contribution is 8.00. The van der Waals surface area contributed by atoms with Crippen molar-refractivity contribution >= 4 is 28.4 Å². The van der Waals surface area contributed by atoms with Crippen LogP contribution in [-0.4, -0.2) is 33.3 Å². The SMILES string of the molecule is O=C(CSc1nnc(-c2ccc(F)cc2)c2ccccc12)N1CCc2ccccc2C1. The Morgan fingerprint density at radius 1 is 0.903 bits per heavy atom. The molecule has 0 bridgehead atoms. The summed E-state index contributed by atoms with van der Waals surface area (Å²) < 4.78 is 13.3. The maximum atomic E-state index is 13.3. The predicted octanol–water partition coefficient (Wildman–Crippen LogP) is 5.11. The first-order chi connectivity index (χ1) is 15.2. The van der Waals surface area contributed by atoms with E-state index in [0.29, 0.717) is 18.0 Å². The Morgan fingerprint density at radius 3 is 2.42 bits per heavy atom. The molecular weight excluding hydrogens is 409 g/mol. The van der Waals surface area contributed by atoms with Crippen molar-refractivity contribution in [1.82, 2.24) is 15.1 Å². The van der Waals surface area contributed by atoms with Gasteiger partial charge >= 0.3 is 0 Å². The van der Waals surface area contributed by atoms with Gasteiger partial charge in [0.1, 0.15) is 16.5 Å². The minimum atomic E-state index is -0.285. The summed E-state index contributed by atoms with van der Waals surface area (Å²) in [6, 6.07) is 22.4. The molecule has 0 atom stereocenters. The Kier molecular flexibility index (Phi) is 5.38. The number of carbonyl (C=O) groups is 1. The molecule has 0 radical (unpaired) electrons. The molecule has 0 fully saturated rings. The topological polar surface area (TPSA) is 46.1 Å². The van der Waals surface area contributed by atoms with Gasteiger partial charge in [-0.25, -0.2) is 4.39 Å². The lowest BCUT2D eigenvalue weighted by molar-refractivity contribution is -0.129. The molecule has 31 heavy (non-hydrogen) atoms. The summed E-state index contributed by atoms with van der Waals surface area (Å²) in [5.41, 5.74) is 4.07. The Labute approximate surface area is 184 Å². The Balaban J connectivity index is 1.36. The van der Waals surface area contributed by atoms with Gasteiger partial charge in [-0.05, 0) is 41.8 Å². The van der Waals surface area contributed by atoms with Crippen molar-refractivity contribution in [1.29, 1.82) is 0 Å². The minimum Gasteiger partial charge on any atom is -0.337 e. The van der Waals surface area contributed by atoms with E-state index in [4.69, 9.17) is 0 Å². The predicted molar refractivity (Wildman–Crippen MR) is 121 cm³/mol. The van der Waals surface area contributed by atoms with Crippen molar-refractivity contribution in [3.63, 3.8) is 0 Å². The molecule has 0 saturated carbocycles. The highest BCUT2D eigenvalue weighted by atomic mass is 32.2. The molecule has 2 heterocycles. The highest BCUT2D eigenvalue weighted by Gasteiger charge is 2.21. The summed E-state index contributed by atoms with van der Waals surface area (Å²) in [6.07, 6.45) is 0.891. The Morgan fingerprint density at radius 2 is 1.61 bits per heavy atom. The third-order valence-corrected chi connectivity index (χ3v) is 6.55. The van der Waals surface area contributed by atoms with Crippen LogP contribution in [0.3, 0.4) is 0 Å². The van der Waals surface area contributed by atoms with Gasteiger partial charge in [-0.2, -0.15) is 0 Å². The summed E-state index contributed by atoms with van der Waals surface area (Å²) >= 11 is 1.41. The fourth-order valence-electron chi connectivity index (χ4n) is 3.94. The van der Waals surface area contributed by atoms with Gasteiger partial charge in [-0.3, -0.25) is 4.79 Å². The first-order valence-corrected chi connectivity index (χ1v) is 11.2. The van der Waals surface area contributed by atoms with Crippen LogP contribution >= 0.6 is 11.8 Å². The van der Waals surface area contributed by atoms with Gasteiger partial charge in [0.2, 0.25) is 5.91 Å². The average Bonchev–Trinajstić information content (AvgIpc) is 2.82. The second-order valence-corrected chi connectivity index (χ2v) is 8.49. The van der Waals surface area contributed by atoms with E-state index in [1.807, 2.05) is 41.3 Å². The zero-order valence-corrected chi connectivity index (χ0v) is 17.6. The summed E-state index contributed by atoms with van der Waals surface area (Å²) in [4.78, 5) is 14.8. The molecule has 1 aromatic heterocycles. The largest absolute Gasteiger partial charge is 0.337 e. The van der Waals surface area contributed by atoms with Crippen LogP contribution in [0.25, 0.3) is 22.0 Å². The van der Waals surface area contributed by atoms with Crippen LogP contribution in [0.2, 0.25) is 0 Å². The van der Waals surface area contributed by atoms with Crippen LogP contribution in [0.15, 0.2) is 77.8 Å². The van der Waals surface area contributed by atoms with E-state index >= 15 is 0 Å². The Bertz CT molecular complexity index is 1260. The molecule has 0 N–H and O–H groups in total. The summed E-state index contributed by atoms with van der Waals surface area (Å²) in [5, 5.41) is 11.4. The number of carbonyl (C=O) groups excluding carboxylic acids is 1. The number of rotatable bonds is 4. The number of hydrogen-bond donors (Lipinski definition) is 0. The number of thioether (sulfide) groups is 1. The van der Waals surface area contributed by atoms with E-state index in [2.05, 4.69) is 22.3 Å². The summed E-state index contributed by atoms with van der Waals surface area (Å²) in [6.45, 7) is 1.40. The second kappa shape index (κ2) is 8.47. The van der Waals surface area contributed by atoms with E-state index in [9.17, 15) is 9.18 Å². The molecule has 4 aromatic rings. The van der Waals surface area contributed by atoms with Crippen molar-refractivity contribution in [3.8, 4) is 11.3 Å². The van der Waals surface area contributed by atoms with Gasteiger partial charge in [0.15, 0.2) is 0 Å². The monoisotopic (exact) mass is 429 g/mol. The molecule has 0 unspecified atom stereocenters. The van der Waals surface area contributed by atoms with Crippen molar-refractivity contribution in [2.45, 2.75) is 18.0 Å². The van der Waals surface area contributed by atoms with Gasteiger partial charge in [-0.1, -0.05) is 60.3 Å². The van der Waals surface area contributed by atoms with E-state index in [-0.39, 0.29) is 11.7 Å². The number of halogens is 1. The number of amides is 1. The lowest BCUT2D eigenvalue weighted by atomic mass is 10.00. The van der Waals surface area contributed by atoms with Crippen LogP contribution < -0.4 is 0 Å². The van der Waals surface area contributed by atoms with Crippen LogP contribution in [-0.2, 0) is 17.8 Å². The van der Waals surface area contributed by atoms with Crippen molar-refractivity contribution in [3.05, 3.63) is 89.7 Å². The number of fused-ring (bicyclic) bond motifs is 2. The van der Waals surface area contributed by atoms with Crippen LogP contribution in [0.5, 0.6) is 0 Å². The maximum Gasteiger partial charge on any atom is 0.233 e. The van der Waals surface area contributed by atoms with Gasteiger partial charge in [0.25, 0.3) is 0 Å². The number of nitrogens with zero attached hydrogens (tertiary/aromatic N) is 3. The van der Waals surface area contributed by atoms with E-state index in [0.717, 1.165) is 34.3 Å². The highest BCUT2D eigenvalue weighted by Crippen LogP contribution is 2.32. The second-order valence-electron chi connectivity index (χ2n) is 7.53. The van der Waals surface area contributed by atoms with Gasteiger partial charge < -0.3 is 4.90 Å². The third-order valence-electron chi connectivity index (χ3n) is 5.59. The van der Waals surface area contributed by atoms with Gasteiger partial charge in [0.05, 0.1) is 5.75 Å². The first-order valence-electron chi connectivity index (χ1n) is 10.2. The molecule has 0 saturated heterocycles. The number of aromatic nitrogens is 2. The quantitative estimate of drug-likeness (QED) is 0.423. The van der Waals surface area contributed by atoms with Crippen molar-refractivity contribution in [2.24, 2.45) is 0 Å². The fraction of sp³-hybridized carbons (Fsp3) is 0.160. The molecule has 0 aliphatic carbocycles. The molecule has 3 aromatic carbocycles. The molecule has 5 rings (SSSR count). The minimum absolute atomic E-state index is 0.105. The molecule has 154 valence electrons. The smallest absolute Gasteiger partial charge is 0.233 e. The average molecular weight is 430 g/mol. The lowest BCUT2D eigenvalue weighted by Crippen LogP contribution is -2.37. The molecule has 4 nitrogen and oxygen atoms in total. The maximum absolute atomic E-state index is 13.3. The van der Waals surface area contributed by atoms with Crippen molar-refractivity contribution in [2.75, 3.05) is 12.3 Å². The van der Waals surface area contributed by atoms with E-state index in [1.54, 1.807) is 12.1 Å². The van der Waals surface area contributed by atoms with Crippen LogP contribution in [0, 0.1) is 5.82 Å². The Hall–Kier alpha value is -3.25. The van der Waals surface area contributed by atoms with Gasteiger partial charge in [-0.15, -0.1) is 10.2 Å². The van der Waals surface area contributed by atoms with E-state index < -0.39 is 0 Å². The standard InChI is InChI=1S/C25H20FN3OS/c26-20-11-9-18(10-12-20)24-21-7-3-4-8-22(21)25(28-27-24)31-16-23(30)29-14-13-17-5-1-2-6-19(17)15-29/h1-12H,13-16H2. The van der Waals surface area contributed by atoms with Crippen LogP contribution in [0.4, 0.5) is 4.39 Å². The van der Waals surface area contributed by atoms with Gasteiger partial charge in [0, 0.05) is 29.4 Å². The van der Waals surface area contributed by atoms with Crippen LogP contribution in [0.1, 0.15) is 11.1 Å². The summed E-state index contributed by atoms with van der Waals surface area (Å²) in [7, 11) is 0. The first kappa shape index (κ1) is 19.7. The lowest BCUT2D eigenvalue weighted by Gasteiger charge is -2.28. The fourth-order valence-corrected chi connectivity index (χ4v) is 4.81. The zero-order valence-electron chi connectivity index (χ0n) is 16.8. The third kappa shape index (κ3) is 4.03. The molecule has 0 spiro atoms. The molecule has 1 amide bonds. The normalized spacial score (nSPS) is 13.3. The van der Waals surface area contributed by atoms with E-state index in [1.165, 1.54) is 35.0 Å². The van der Waals surface area contributed by atoms with Crippen molar-refractivity contribution < 1.29 is 9.18 Å².